The molecule has 15 heteroatoms. The second-order valence-corrected chi connectivity index (χ2v) is 16.6. The lowest BCUT2D eigenvalue weighted by molar-refractivity contribution is -0.332. The molecule has 2 rings (SSSR count). The first-order valence-electron chi connectivity index (χ1n) is 23.4. The molecule has 2 heterocycles. The molecule has 61 heavy (non-hydrogen) atoms. The number of ether oxygens (including phenoxy) is 6. The van der Waals surface area contributed by atoms with Gasteiger partial charge in [-0.15, -0.1) is 0 Å². The Kier molecular flexibility index (Phi) is 31.1. The molecule has 0 aromatic carbocycles. The Morgan fingerprint density at radius 3 is 1.56 bits per heavy atom. The van der Waals surface area contributed by atoms with Crippen molar-refractivity contribution in [1.29, 1.82) is 0 Å². The highest BCUT2D eigenvalue weighted by atomic mass is 16.7. The summed E-state index contributed by atoms with van der Waals surface area (Å²) >= 11 is 0. The number of unbranched alkanes of at least 4 members (excludes halogenated alkanes) is 17. The summed E-state index contributed by atoms with van der Waals surface area (Å²) in [5.41, 5.74) is 0. The summed E-state index contributed by atoms with van der Waals surface area (Å²) in [5, 5.41) is 71.8. The molecule has 0 radical (unpaired) electrons. The molecule has 0 aromatic rings. The zero-order valence-corrected chi connectivity index (χ0v) is 37.1. The number of hydrogen-bond acceptors (Lipinski definition) is 15. The lowest BCUT2D eigenvalue weighted by atomic mass is 9.98. The van der Waals surface area contributed by atoms with E-state index in [9.17, 15) is 45.3 Å². The van der Waals surface area contributed by atoms with Crippen LogP contribution in [0.2, 0.25) is 0 Å². The molecule has 0 aromatic heterocycles. The van der Waals surface area contributed by atoms with Crippen molar-refractivity contribution in [2.75, 3.05) is 26.4 Å². The zero-order chi connectivity index (χ0) is 44.7. The summed E-state index contributed by atoms with van der Waals surface area (Å²) in [7, 11) is 0. The highest BCUT2D eigenvalue weighted by molar-refractivity contribution is 5.70. The van der Waals surface area contributed by atoms with Crippen molar-refractivity contribution in [1.82, 2.24) is 0 Å². The lowest BCUT2D eigenvalue weighted by Gasteiger charge is -2.42. The average Bonchev–Trinajstić information content (AvgIpc) is 3.25. The van der Waals surface area contributed by atoms with Gasteiger partial charge >= 0.3 is 11.9 Å². The summed E-state index contributed by atoms with van der Waals surface area (Å²) in [6.45, 7) is 2.50. The maximum absolute atomic E-state index is 12.9. The lowest BCUT2D eigenvalue weighted by Crippen LogP contribution is -2.61. The van der Waals surface area contributed by atoms with Gasteiger partial charge in [-0.1, -0.05) is 128 Å². The molecule has 356 valence electrons. The first kappa shape index (κ1) is 55.1. The Bertz CT molecular complexity index is 1170. The third-order valence-electron chi connectivity index (χ3n) is 11.2. The van der Waals surface area contributed by atoms with Crippen molar-refractivity contribution < 1.29 is 73.8 Å². The number of rotatable bonds is 35. The van der Waals surface area contributed by atoms with Crippen LogP contribution in [-0.2, 0) is 38.0 Å². The van der Waals surface area contributed by atoms with Crippen LogP contribution in [0.4, 0.5) is 0 Å². The molecule has 0 amide bonds. The fourth-order valence-electron chi connectivity index (χ4n) is 7.25. The van der Waals surface area contributed by atoms with Gasteiger partial charge in [0.2, 0.25) is 0 Å². The van der Waals surface area contributed by atoms with Gasteiger partial charge in [0.25, 0.3) is 0 Å². The van der Waals surface area contributed by atoms with E-state index in [4.69, 9.17) is 28.4 Å². The minimum absolute atomic E-state index is 0.158. The van der Waals surface area contributed by atoms with Crippen LogP contribution in [0.3, 0.4) is 0 Å². The van der Waals surface area contributed by atoms with E-state index in [1.807, 2.05) is 0 Å². The Balaban J connectivity index is 1.83. The maximum atomic E-state index is 12.9. The minimum atomic E-state index is -1.76. The van der Waals surface area contributed by atoms with Crippen molar-refractivity contribution in [2.24, 2.45) is 0 Å². The number of allylic oxidation sites excluding steroid dienone is 4. The van der Waals surface area contributed by atoms with Gasteiger partial charge < -0.3 is 64.2 Å². The van der Waals surface area contributed by atoms with E-state index >= 15 is 0 Å². The van der Waals surface area contributed by atoms with E-state index in [1.165, 1.54) is 57.8 Å². The van der Waals surface area contributed by atoms with Crippen LogP contribution in [0, 0.1) is 0 Å². The van der Waals surface area contributed by atoms with Gasteiger partial charge in [-0.05, 0) is 44.9 Å². The van der Waals surface area contributed by atoms with Gasteiger partial charge in [-0.2, -0.15) is 0 Å². The maximum Gasteiger partial charge on any atom is 0.306 e. The highest BCUT2D eigenvalue weighted by Crippen LogP contribution is 2.26. The molecule has 15 nitrogen and oxygen atoms in total. The van der Waals surface area contributed by atoms with Gasteiger partial charge in [0, 0.05) is 12.8 Å². The van der Waals surface area contributed by atoms with Crippen LogP contribution in [0.1, 0.15) is 162 Å². The summed E-state index contributed by atoms with van der Waals surface area (Å²) in [4.78, 5) is 25.5. The molecule has 2 aliphatic heterocycles. The summed E-state index contributed by atoms with van der Waals surface area (Å²) in [5.74, 6) is -0.937. The first-order chi connectivity index (χ1) is 29.5. The molecule has 0 spiro atoms. The normalized spacial score (nSPS) is 27.5. The molecular formula is C46H82O15. The molecule has 4 unspecified atom stereocenters. The standard InChI is InChI=1S/C46H82O15/c1-3-5-7-9-11-13-14-15-16-17-18-19-20-21-23-25-27-29-38(49)59-34(31-56-37(48)28-26-24-22-12-10-8-6-4-2)32-57-45-44(55)42(53)40(51)36(61-45)33-58-46-43(54)41(52)39(50)35(30-47)60-46/h11,13,15-16,34-36,39-47,50-55H,3-10,12,14,17-33H2,1-2H3/b13-11+,16-15+/t34-,35+,36+,39-,40-,41?,42?,43?,44?,45+,46+/m1/s1. The van der Waals surface area contributed by atoms with Crippen molar-refractivity contribution in [3.05, 3.63) is 24.3 Å². The van der Waals surface area contributed by atoms with Crippen LogP contribution >= 0.6 is 0 Å². The van der Waals surface area contributed by atoms with Gasteiger partial charge in [0.1, 0.15) is 55.4 Å². The Hall–Kier alpha value is -2.02. The monoisotopic (exact) mass is 875 g/mol. The van der Waals surface area contributed by atoms with Crippen molar-refractivity contribution in [3.8, 4) is 0 Å². The molecule has 2 aliphatic rings. The fourth-order valence-corrected chi connectivity index (χ4v) is 7.25. The predicted molar refractivity (Wildman–Crippen MR) is 229 cm³/mol. The molecular weight excluding hydrogens is 792 g/mol. The predicted octanol–water partition coefficient (Wildman–Crippen LogP) is 5.21. The van der Waals surface area contributed by atoms with E-state index in [0.717, 1.165) is 64.2 Å². The van der Waals surface area contributed by atoms with E-state index < -0.39 is 92.7 Å². The SMILES string of the molecule is CCCCC/C=C/C/C=C/CCCCCCCCCC(=O)O[C@H](COC(=O)CCCCCCCCCC)CO[C@H]1O[C@@H](CO[C@H]2O[C@@H](CO)[C@@H](O)C(O)C2O)[C@@H](O)C(O)C1O. The molecule has 7 N–H and O–H groups in total. The Labute approximate surface area is 364 Å². The van der Waals surface area contributed by atoms with Crippen LogP contribution < -0.4 is 0 Å². The van der Waals surface area contributed by atoms with Gasteiger partial charge in [0.05, 0.1) is 19.8 Å². The molecule has 0 aliphatic carbocycles. The largest absolute Gasteiger partial charge is 0.462 e. The van der Waals surface area contributed by atoms with Gasteiger partial charge in [0.15, 0.2) is 18.7 Å². The van der Waals surface area contributed by atoms with E-state index in [1.54, 1.807) is 0 Å². The van der Waals surface area contributed by atoms with E-state index in [-0.39, 0.29) is 26.1 Å². The van der Waals surface area contributed by atoms with Crippen LogP contribution in [-0.4, -0.2) is 142 Å². The topological polar surface area (TPSA) is 231 Å². The van der Waals surface area contributed by atoms with Crippen molar-refractivity contribution >= 4 is 11.9 Å². The molecule has 2 fully saturated rings. The molecule has 0 saturated carbocycles. The quantitative estimate of drug-likeness (QED) is 0.0246. The van der Waals surface area contributed by atoms with Crippen LogP contribution in [0.15, 0.2) is 24.3 Å². The van der Waals surface area contributed by atoms with Gasteiger partial charge in [-0.25, -0.2) is 0 Å². The van der Waals surface area contributed by atoms with Crippen LogP contribution in [0.5, 0.6) is 0 Å². The fraction of sp³-hybridized carbons (Fsp3) is 0.870. The second-order valence-electron chi connectivity index (χ2n) is 16.6. The third kappa shape index (κ3) is 23.5. The van der Waals surface area contributed by atoms with Crippen molar-refractivity contribution in [3.63, 3.8) is 0 Å². The van der Waals surface area contributed by atoms with Crippen molar-refractivity contribution in [2.45, 2.75) is 229 Å². The molecule has 0 bridgehead atoms. The first-order valence-corrected chi connectivity index (χ1v) is 23.4. The van der Waals surface area contributed by atoms with Crippen LogP contribution in [0.25, 0.3) is 0 Å². The summed E-state index contributed by atoms with van der Waals surface area (Å²) in [6.07, 6.45) is 15.2. The number of carbonyl (C=O) groups is 2. The second kappa shape index (κ2) is 34.4. The smallest absolute Gasteiger partial charge is 0.306 e. The summed E-state index contributed by atoms with van der Waals surface area (Å²) < 4.78 is 33.4. The average molecular weight is 875 g/mol. The van der Waals surface area contributed by atoms with E-state index in [0.29, 0.717) is 12.8 Å². The summed E-state index contributed by atoms with van der Waals surface area (Å²) in [6, 6.07) is 0. The minimum Gasteiger partial charge on any atom is -0.462 e. The zero-order valence-electron chi connectivity index (χ0n) is 37.1. The number of aliphatic hydroxyl groups excluding tert-OH is 7. The number of esters is 2. The third-order valence-corrected chi connectivity index (χ3v) is 11.2. The number of hydrogen-bond donors (Lipinski definition) is 7. The van der Waals surface area contributed by atoms with Gasteiger partial charge in [-0.3, -0.25) is 9.59 Å². The number of aliphatic hydroxyl groups is 7. The molecule has 11 atom stereocenters. The highest BCUT2D eigenvalue weighted by Gasteiger charge is 2.47. The Morgan fingerprint density at radius 1 is 0.525 bits per heavy atom. The Morgan fingerprint density at radius 2 is 0.984 bits per heavy atom. The van der Waals surface area contributed by atoms with E-state index in [2.05, 4.69) is 38.2 Å². The molecule has 2 saturated heterocycles. The number of carbonyl (C=O) groups excluding carboxylic acids is 2.